The summed E-state index contributed by atoms with van der Waals surface area (Å²) in [5, 5.41) is 0. The molecule has 0 amide bonds. The van der Waals surface area contributed by atoms with Crippen LogP contribution in [0, 0.1) is 6.92 Å². The third-order valence-electron chi connectivity index (χ3n) is 1.95. The Morgan fingerprint density at radius 2 is 2.23 bits per heavy atom. The highest BCUT2D eigenvalue weighted by Crippen LogP contribution is 2.11. The van der Waals surface area contributed by atoms with Crippen molar-refractivity contribution < 1.29 is 9.47 Å². The summed E-state index contributed by atoms with van der Waals surface area (Å²) in [5.41, 5.74) is 1.03. The van der Waals surface area contributed by atoms with Crippen LogP contribution in [0.25, 0.3) is 0 Å². The van der Waals surface area contributed by atoms with Crippen molar-refractivity contribution in [3.05, 3.63) is 18.0 Å². The molecule has 1 atom stereocenters. The van der Waals surface area contributed by atoms with E-state index in [2.05, 4.69) is 9.97 Å². The number of rotatable bonds is 3. The van der Waals surface area contributed by atoms with Gasteiger partial charge in [0, 0.05) is 25.4 Å². The van der Waals surface area contributed by atoms with Crippen molar-refractivity contribution in [2.24, 2.45) is 0 Å². The van der Waals surface area contributed by atoms with Crippen LogP contribution in [0.15, 0.2) is 12.4 Å². The van der Waals surface area contributed by atoms with Gasteiger partial charge in [-0.1, -0.05) is 0 Å². The average molecular weight is 180 g/mol. The molecule has 1 unspecified atom stereocenters. The maximum atomic E-state index is 5.32. The van der Waals surface area contributed by atoms with Crippen molar-refractivity contribution >= 4 is 0 Å². The molecule has 2 rings (SSSR count). The quantitative estimate of drug-likeness (QED) is 0.694. The summed E-state index contributed by atoms with van der Waals surface area (Å²) in [7, 11) is 0. The van der Waals surface area contributed by atoms with Gasteiger partial charge in [-0.2, -0.15) is 0 Å². The van der Waals surface area contributed by atoms with Crippen molar-refractivity contribution in [2.75, 3.05) is 13.2 Å². The molecule has 0 N–H and O–H groups in total. The molecule has 4 heteroatoms. The Labute approximate surface area is 76.9 Å². The van der Waals surface area contributed by atoms with Gasteiger partial charge in [0.25, 0.3) is 0 Å². The maximum Gasteiger partial charge on any atom is 0.316 e. The smallest absolute Gasteiger partial charge is 0.316 e. The zero-order valence-electron chi connectivity index (χ0n) is 7.56. The Morgan fingerprint density at radius 1 is 1.54 bits per heavy atom. The normalized spacial score (nSPS) is 20.8. The Bertz CT molecular complexity index is 269. The zero-order chi connectivity index (χ0) is 9.10. The van der Waals surface area contributed by atoms with Gasteiger partial charge >= 0.3 is 6.01 Å². The summed E-state index contributed by atoms with van der Waals surface area (Å²) in [5.74, 6) is 0. The van der Waals surface area contributed by atoms with Crippen LogP contribution in [-0.2, 0) is 4.74 Å². The first-order valence-corrected chi connectivity index (χ1v) is 4.37. The zero-order valence-corrected chi connectivity index (χ0v) is 7.56. The van der Waals surface area contributed by atoms with Crippen LogP contribution in [0.1, 0.15) is 12.0 Å². The lowest BCUT2D eigenvalue weighted by atomic mass is 10.2. The SMILES string of the molecule is Cc1cnc(OCC2CCO2)nc1. The van der Waals surface area contributed by atoms with E-state index in [-0.39, 0.29) is 6.10 Å². The van der Waals surface area contributed by atoms with E-state index in [4.69, 9.17) is 9.47 Å². The topological polar surface area (TPSA) is 44.2 Å². The molecule has 2 heterocycles. The van der Waals surface area contributed by atoms with Crippen LogP contribution in [0.4, 0.5) is 0 Å². The predicted molar refractivity (Wildman–Crippen MR) is 46.6 cm³/mol. The van der Waals surface area contributed by atoms with Crippen LogP contribution in [-0.4, -0.2) is 29.3 Å². The fourth-order valence-electron chi connectivity index (χ4n) is 1.04. The first kappa shape index (κ1) is 8.44. The summed E-state index contributed by atoms with van der Waals surface area (Å²) in [6.07, 6.45) is 4.80. The second-order valence-electron chi connectivity index (χ2n) is 3.14. The fourth-order valence-corrected chi connectivity index (χ4v) is 1.04. The van der Waals surface area contributed by atoms with Gasteiger partial charge in [-0.15, -0.1) is 0 Å². The largest absolute Gasteiger partial charge is 0.461 e. The van der Waals surface area contributed by atoms with E-state index in [1.165, 1.54) is 0 Å². The molecule has 70 valence electrons. The summed E-state index contributed by atoms with van der Waals surface area (Å²) in [6.45, 7) is 3.35. The first-order valence-electron chi connectivity index (χ1n) is 4.37. The van der Waals surface area contributed by atoms with Gasteiger partial charge in [-0.05, 0) is 12.5 Å². The highest BCUT2D eigenvalue weighted by atomic mass is 16.6. The highest BCUT2D eigenvalue weighted by molar-refractivity contribution is 5.04. The predicted octanol–water partition coefficient (Wildman–Crippen LogP) is 0.953. The molecule has 0 aromatic carbocycles. The lowest BCUT2D eigenvalue weighted by Gasteiger charge is -2.25. The number of ether oxygens (including phenoxy) is 2. The monoisotopic (exact) mass is 180 g/mol. The van der Waals surface area contributed by atoms with Crippen molar-refractivity contribution in [2.45, 2.75) is 19.4 Å². The van der Waals surface area contributed by atoms with Gasteiger partial charge < -0.3 is 9.47 Å². The van der Waals surface area contributed by atoms with Crippen LogP contribution in [0.3, 0.4) is 0 Å². The number of aryl methyl sites for hydroxylation is 1. The second-order valence-corrected chi connectivity index (χ2v) is 3.14. The van der Waals surface area contributed by atoms with E-state index in [9.17, 15) is 0 Å². The number of hydrogen-bond acceptors (Lipinski definition) is 4. The molecule has 1 fully saturated rings. The van der Waals surface area contributed by atoms with Crippen molar-refractivity contribution in [1.29, 1.82) is 0 Å². The maximum absolute atomic E-state index is 5.32. The Hall–Kier alpha value is -1.16. The molecule has 13 heavy (non-hydrogen) atoms. The second kappa shape index (κ2) is 3.70. The molecular formula is C9H12N2O2. The molecule has 1 aliphatic heterocycles. The number of nitrogens with zero attached hydrogens (tertiary/aromatic N) is 2. The Balaban J connectivity index is 1.83. The molecule has 4 nitrogen and oxygen atoms in total. The van der Waals surface area contributed by atoms with Crippen molar-refractivity contribution in [3.63, 3.8) is 0 Å². The molecule has 0 bridgehead atoms. The first-order chi connectivity index (χ1) is 6.34. The summed E-state index contributed by atoms with van der Waals surface area (Å²) < 4.78 is 10.5. The van der Waals surface area contributed by atoms with E-state index < -0.39 is 0 Å². The van der Waals surface area contributed by atoms with Crippen LogP contribution >= 0.6 is 0 Å². The minimum Gasteiger partial charge on any atom is -0.461 e. The molecule has 0 spiro atoms. The van der Waals surface area contributed by atoms with Gasteiger partial charge in [0.2, 0.25) is 0 Å². The minimum atomic E-state index is 0.241. The molecule has 1 saturated heterocycles. The summed E-state index contributed by atoms with van der Waals surface area (Å²) >= 11 is 0. The molecule has 1 aliphatic rings. The number of hydrogen-bond donors (Lipinski definition) is 0. The van der Waals surface area contributed by atoms with E-state index in [0.29, 0.717) is 12.6 Å². The summed E-state index contributed by atoms with van der Waals surface area (Å²) in [6, 6.07) is 0.432. The lowest BCUT2D eigenvalue weighted by Crippen LogP contribution is -2.32. The van der Waals surface area contributed by atoms with E-state index >= 15 is 0 Å². The van der Waals surface area contributed by atoms with Gasteiger partial charge in [-0.3, -0.25) is 0 Å². The molecule has 1 aromatic heterocycles. The molecule has 0 saturated carbocycles. The van der Waals surface area contributed by atoms with Crippen molar-refractivity contribution in [3.8, 4) is 6.01 Å². The number of aromatic nitrogens is 2. The molecule has 0 radical (unpaired) electrons. The van der Waals surface area contributed by atoms with E-state index in [1.54, 1.807) is 12.4 Å². The molecule has 0 aliphatic carbocycles. The molecular weight excluding hydrogens is 168 g/mol. The minimum absolute atomic E-state index is 0.241. The fraction of sp³-hybridized carbons (Fsp3) is 0.556. The average Bonchev–Trinajstić information content (AvgIpc) is 2.05. The van der Waals surface area contributed by atoms with Crippen LogP contribution in [0.5, 0.6) is 6.01 Å². The van der Waals surface area contributed by atoms with Crippen LogP contribution in [0.2, 0.25) is 0 Å². The lowest BCUT2D eigenvalue weighted by molar-refractivity contribution is -0.0734. The van der Waals surface area contributed by atoms with E-state index in [1.807, 2.05) is 6.92 Å². The third kappa shape index (κ3) is 2.15. The summed E-state index contributed by atoms with van der Waals surface area (Å²) in [4.78, 5) is 8.04. The third-order valence-corrected chi connectivity index (χ3v) is 1.95. The van der Waals surface area contributed by atoms with Gasteiger partial charge in [0.1, 0.15) is 6.61 Å². The highest BCUT2D eigenvalue weighted by Gasteiger charge is 2.18. The Morgan fingerprint density at radius 3 is 2.77 bits per heavy atom. The van der Waals surface area contributed by atoms with E-state index in [0.717, 1.165) is 18.6 Å². The van der Waals surface area contributed by atoms with Gasteiger partial charge in [0.05, 0.1) is 6.10 Å². The standard InChI is InChI=1S/C9H12N2O2/c1-7-4-10-9(11-5-7)13-6-8-2-3-12-8/h4-5,8H,2-3,6H2,1H3. The van der Waals surface area contributed by atoms with Gasteiger partial charge in [0.15, 0.2) is 0 Å². The van der Waals surface area contributed by atoms with Crippen LogP contribution < -0.4 is 4.74 Å². The molecule has 1 aromatic rings. The van der Waals surface area contributed by atoms with Gasteiger partial charge in [-0.25, -0.2) is 9.97 Å². The Kier molecular flexibility index (Phi) is 2.40. The van der Waals surface area contributed by atoms with Crippen molar-refractivity contribution in [1.82, 2.24) is 9.97 Å².